The Labute approximate surface area is 107 Å². The van der Waals surface area contributed by atoms with E-state index in [1.165, 1.54) is 51.6 Å². The van der Waals surface area contributed by atoms with E-state index in [-0.39, 0.29) is 0 Å². The quantitative estimate of drug-likeness (QED) is 0.813. The maximum atomic E-state index is 3.97. The summed E-state index contributed by atoms with van der Waals surface area (Å²) in [5.74, 6) is 1.80. The molecule has 2 rings (SSSR count). The third-order valence-electron chi connectivity index (χ3n) is 4.92. The zero-order chi connectivity index (χ0) is 12.3. The summed E-state index contributed by atoms with van der Waals surface area (Å²) in [6.07, 6.45) is 8.46. The Morgan fingerprint density at radius 3 is 2.76 bits per heavy atom. The van der Waals surface area contributed by atoms with E-state index < -0.39 is 0 Å². The van der Waals surface area contributed by atoms with Gasteiger partial charge in [0.25, 0.3) is 0 Å². The number of piperidine rings is 1. The molecule has 1 saturated carbocycles. The summed E-state index contributed by atoms with van der Waals surface area (Å²) in [4.78, 5) is 2.47. The first-order valence-electron chi connectivity index (χ1n) is 7.63. The van der Waals surface area contributed by atoms with Crippen LogP contribution >= 0.6 is 0 Å². The second-order valence-corrected chi connectivity index (χ2v) is 6.44. The van der Waals surface area contributed by atoms with Crippen LogP contribution in [0.5, 0.6) is 0 Å². The van der Waals surface area contributed by atoms with Gasteiger partial charge in [0.15, 0.2) is 0 Å². The summed E-state index contributed by atoms with van der Waals surface area (Å²) in [6.45, 7) is 7.30. The molecule has 0 aromatic heterocycles. The summed E-state index contributed by atoms with van der Waals surface area (Å²) >= 11 is 0. The van der Waals surface area contributed by atoms with Crippen molar-refractivity contribution in [3.63, 3.8) is 0 Å². The zero-order valence-corrected chi connectivity index (χ0v) is 11.9. The Morgan fingerprint density at radius 1 is 1.24 bits per heavy atom. The third-order valence-corrected chi connectivity index (χ3v) is 4.92. The van der Waals surface area contributed by atoms with Crippen LogP contribution < -0.4 is 5.32 Å². The molecule has 17 heavy (non-hydrogen) atoms. The second kappa shape index (κ2) is 6.19. The fourth-order valence-corrected chi connectivity index (χ4v) is 3.72. The van der Waals surface area contributed by atoms with Crippen LogP contribution in [-0.2, 0) is 0 Å². The first kappa shape index (κ1) is 13.4. The van der Waals surface area contributed by atoms with Crippen LogP contribution in [0.15, 0.2) is 0 Å². The predicted octanol–water partition coefficient (Wildman–Crippen LogP) is 2.89. The molecule has 0 aromatic rings. The minimum absolute atomic E-state index is 0.770. The van der Waals surface area contributed by atoms with Crippen molar-refractivity contribution in [2.75, 3.05) is 20.1 Å². The molecular formula is C15H30N2. The minimum atomic E-state index is 0.770. The predicted molar refractivity (Wildman–Crippen MR) is 74.2 cm³/mol. The van der Waals surface area contributed by atoms with Crippen molar-refractivity contribution in [3.8, 4) is 0 Å². The molecule has 0 amide bonds. The molecule has 0 spiro atoms. The van der Waals surface area contributed by atoms with Gasteiger partial charge in [0.05, 0.1) is 0 Å². The highest BCUT2D eigenvalue weighted by Crippen LogP contribution is 2.28. The topological polar surface area (TPSA) is 15.3 Å². The van der Waals surface area contributed by atoms with E-state index in [2.05, 4.69) is 31.1 Å². The number of nitrogens with zero attached hydrogens (tertiary/aromatic N) is 1. The number of likely N-dealkylation sites (tertiary alicyclic amines) is 1. The van der Waals surface area contributed by atoms with Gasteiger partial charge in [-0.25, -0.2) is 0 Å². The molecule has 0 aromatic carbocycles. The first-order chi connectivity index (χ1) is 8.19. The number of nitrogens with one attached hydrogen (secondary N) is 1. The van der Waals surface area contributed by atoms with Crippen LogP contribution in [0.25, 0.3) is 0 Å². The molecule has 2 aliphatic rings. The van der Waals surface area contributed by atoms with Crippen molar-refractivity contribution < 1.29 is 0 Å². The van der Waals surface area contributed by atoms with Gasteiger partial charge < -0.3 is 10.2 Å². The molecule has 0 bridgehead atoms. The van der Waals surface area contributed by atoms with E-state index in [1.807, 2.05) is 0 Å². The van der Waals surface area contributed by atoms with E-state index in [4.69, 9.17) is 0 Å². The molecule has 4 unspecified atom stereocenters. The molecule has 1 aliphatic heterocycles. The lowest BCUT2D eigenvalue weighted by atomic mass is 9.83. The maximum absolute atomic E-state index is 3.97. The second-order valence-electron chi connectivity index (χ2n) is 6.44. The van der Waals surface area contributed by atoms with Crippen LogP contribution in [-0.4, -0.2) is 37.1 Å². The van der Waals surface area contributed by atoms with Crippen molar-refractivity contribution in [3.05, 3.63) is 0 Å². The van der Waals surface area contributed by atoms with Crippen molar-refractivity contribution in [1.82, 2.24) is 10.2 Å². The highest BCUT2D eigenvalue weighted by atomic mass is 15.1. The van der Waals surface area contributed by atoms with Gasteiger partial charge in [0.1, 0.15) is 0 Å². The third kappa shape index (κ3) is 3.69. The fraction of sp³-hybridized carbons (Fsp3) is 1.00. The summed E-state index contributed by atoms with van der Waals surface area (Å²) in [7, 11) is 2.25. The molecule has 2 fully saturated rings. The van der Waals surface area contributed by atoms with E-state index >= 15 is 0 Å². The molecule has 0 radical (unpaired) electrons. The maximum Gasteiger partial charge on any atom is 0.0120 e. The molecule has 2 nitrogen and oxygen atoms in total. The van der Waals surface area contributed by atoms with Gasteiger partial charge >= 0.3 is 0 Å². The summed E-state index contributed by atoms with van der Waals surface area (Å²) in [5, 5.41) is 3.97. The highest BCUT2D eigenvalue weighted by Gasteiger charge is 2.28. The zero-order valence-electron chi connectivity index (χ0n) is 11.9. The summed E-state index contributed by atoms with van der Waals surface area (Å²) in [5.41, 5.74) is 0. The van der Waals surface area contributed by atoms with Crippen LogP contribution in [0.2, 0.25) is 0 Å². The van der Waals surface area contributed by atoms with Crippen molar-refractivity contribution in [2.24, 2.45) is 11.8 Å². The Kier molecular flexibility index (Phi) is 4.87. The molecule has 100 valence electrons. The van der Waals surface area contributed by atoms with Crippen LogP contribution in [0.4, 0.5) is 0 Å². The smallest absolute Gasteiger partial charge is 0.0120 e. The van der Waals surface area contributed by atoms with Gasteiger partial charge in [-0.3, -0.25) is 0 Å². The molecular weight excluding hydrogens is 208 g/mol. The Balaban J connectivity index is 1.79. The molecule has 1 N–H and O–H groups in total. The molecule has 4 atom stereocenters. The lowest BCUT2D eigenvalue weighted by molar-refractivity contribution is 0.151. The van der Waals surface area contributed by atoms with Crippen LogP contribution in [0, 0.1) is 11.8 Å². The number of hydrogen-bond donors (Lipinski definition) is 1. The average molecular weight is 238 g/mol. The van der Waals surface area contributed by atoms with E-state index in [1.54, 1.807) is 0 Å². The van der Waals surface area contributed by atoms with Crippen molar-refractivity contribution >= 4 is 0 Å². The van der Waals surface area contributed by atoms with Gasteiger partial charge in [-0.05, 0) is 44.7 Å². The number of rotatable bonds is 3. The lowest BCUT2D eigenvalue weighted by Crippen LogP contribution is -2.51. The fourth-order valence-electron chi connectivity index (χ4n) is 3.72. The van der Waals surface area contributed by atoms with Gasteiger partial charge in [-0.15, -0.1) is 0 Å². The normalized spacial score (nSPS) is 40.4. The molecule has 2 heteroatoms. The van der Waals surface area contributed by atoms with Crippen LogP contribution in [0.1, 0.15) is 52.4 Å². The van der Waals surface area contributed by atoms with Gasteiger partial charge in [-0.1, -0.05) is 33.1 Å². The monoisotopic (exact) mass is 238 g/mol. The van der Waals surface area contributed by atoms with Gasteiger partial charge in [0, 0.05) is 18.6 Å². The van der Waals surface area contributed by atoms with Gasteiger partial charge in [-0.2, -0.15) is 0 Å². The van der Waals surface area contributed by atoms with E-state index in [0.29, 0.717) is 0 Å². The number of hydrogen-bond acceptors (Lipinski definition) is 2. The standard InChI is InChI=1S/C15H30N2/c1-4-13-6-5-7-14(10-13)16-15-8-9-17(3)11-12(15)2/h12-16H,4-11H2,1-3H3. The van der Waals surface area contributed by atoms with E-state index in [9.17, 15) is 0 Å². The van der Waals surface area contributed by atoms with Crippen molar-refractivity contribution in [1.29, 1.82) is 0 Å². The minimum Gasteiger partial charge on any atom is -0.311 e. The van der Waals surface area contributed by atoms with Crippen molar-refractivity contribution in [2.45, 2.75) is 64.5 Å². The summed E-state index contributed by atoms with van der Waals surface area (Å²) < 4.78 is 0. The van der Waals surface area contributed by atoms with Crippen LogP contribution in [0.3, 0.4) is 0 Å². The SMILES string of the molecule is CCC1CCCC(NC2CCN(C)CC2C)C1. The van der Waals surface area contributed by atoms with Gasteiger partial charge in [0.2, 0.25) is 0 Å². The molecule has 1 aliphatic carbocycles. The Morgan fingerprint density at radius 2 is 2.06 bits per heavy atom. The first-order valence-corrected chi connectivity index (χ1v) is 7.63. The Bertz CT molecular complexity index is 229. The average Bonchev–Trinajstić information content (AvgIpc) is 2.33. The molecule has 1 saturated heterocycles. The lowest BCUT2D eigenvalue weighted by Gasteiger charge is -2.39. The summed E-state index contributed by atoms with van der Waals surface area (Å²) in [6, 6.07) is 1.58. The highest BCUT2D eigenvalue weighted by molar-refractivity contribution is 4.86. The van der Waals surface area contributed by atoms with E-state index in [0.717, 1.165) is 23.9 Å². The Hall–Kier alpha value is -0.0800. The largest absolute Gasteiger partial charge is 0.311 e. The molecule has 1 heterocycles.